The number of hydrogen-bond donors (Lipinski definition) is 2. The fourth-order valence-electron chi connectivity index (χ4n) is 2.53. The van der Waals surface area contributed by atoms with Gasteiger partial charge in [0.25, 0.3) is 0 Å². The number of hydrogen-bond acceptors (Lipinski definition) is 3. The van der Waals surface area contributed by atoms with Crippen LogP contribution in [0, 0.1) is 6.92 Å². The summed E-state index contributed by atoms with van der Waals surface area (Å²) in [5.74, 6) is 0.542. The Morgan fingerprint density at radius 3 is 2.52 bits per heavy atom. The number of aryl methyl sites for hydroxylation is 1. The molecule has 0 saturated carbocycles. The molecule has 1 amide bonds. The minimum atomic E-state index is -0.159. The molecule has 0 aliphatic rings. The highest BCUT2D eigenvalue weighted by atomic mass is 35.5. The Balaban J connectivity index is 1.57. The van der Waals surface area contributed by atoms with Crippen LogP contribution in [0.25, 0.3) is 0 Å². The van der Waals surface area contributed by atoms with Crippen LogP contribution in [-0.4, -0.2) is 12.5 Å². The van der Waals surface area contributed by atoms with E-state index in [1.54, 1.807) is 6.07 Å². The number of nitrogens with one attached hydrogen (secondary N) is 2. The fraction of sp³-hybridized carbons (Fsp3) is 0.136. The van der Waals surface area contributed by atoms with Gasteiger partial charge in [0.05, 0.1) is 12.2 Å². The maximum Gasteiger partial charge on any atom is 0.243 e. The monoisotopic (exact) mass is 380 g/mol. The molecule has 0 aliphatic heterocycles. The van der Waals surface area contributed by atoms with E-state index < -0.39 is 0 Å². The van der Waals surface area contributed by atoms with E-state index in [-0.39, 0.29) is 12.5 Å². The molecule has 3 aromatic rings. The maximum atomic E-state index is 12.2. The second-order valence-electron chi connectivity index (χ2n) is 6.14. The molecule has 5 heteroatoms. The summed E-state index contributed by atoms with van der Waals surface area (Å²) in [5.41, 5.74) is 3.50. The molecule has 0 bridgehead atoms. The van der Waals surface area contributed by atoms with Gasteiger partial charge in [-0.25, -0.2) is 0 Å². The molecule has 0 aromatic heterocycles. The summed E-state index contributed by atoms with van der Waals surface area (Å²) >= 11 is 6.09. The van der Waals surface area contributed by atoms with Crippen molar-refractivity contribution in [3.05, 3.63) is 88.9 Å². The number of rotatable bonds is 7. The van der Waals surface area contributed by atoms with E-state index in [0.717, 1.165) is 16.8 Å². The van der Waals surface area contributed by atoms with E-state index in [2.05, 4.69) is 10.6 Å². The lowest BCUT2D eigenvalue weighted by Crippen LogP contribution is -2.22. The number of anilines is 2. The van der Waals surface area contributed by atoms with Crippen molar-refractivity contribution < 1.29 is 9.53 Å². The molecule has 3 aromatic carbocycles. The zero-order chi connectivity index (χ0) is 19.1. The molecule has 138 valence electrons. The van der Waals surface area contributed by atoms with Gasteiger partial charge in [-0.3, -0.25) is 4.79 Å². The van der Waals surface area contributed by atoms with Crippen molar-refractivity contribution in [2.75, 3.05) is 17.2 Å². The Bertz CT molecular complexity index is 913. The highest BCUT2D eigenvalue weighted by molar-refractivity contribution is 6.31. The van der Waals surface area contributed by atoms with Crippen molar-refractivity contribution in [3.63, 3.8) is 0 Å². The van der Waals surface area contributed by atoms with Crippen molar-refractivity contribution >= 4 is 28.9 Å². The van der Waals surface area contributed by atoms with E-state index in [9.17, 15) is 4.79 Å². The number of ether oxygens (including phenoxy) is 1. The van der Waals surface area contributed by atoms with Crippen LogP contribution < -0.4 is 15.4 Å². The zero-order valence-corrected chi connectivity index (χ0v) is 15.8. The summed E-state index contributed by atoms with van der Waals surface area (Å²) in [6, 6.07) is 23.0. The Morgan fingerprint density at radius 1 is 1.00 bits per heavy atom. The van der Waals surface area contributed by atoms with Crippen LogP contribution in [0.1, 0.15) is 11.1 Å². The van der Waals surface area contributed by atoms with Crippen molar-refractivity contribution in [2.45, 2.75) is 13.5 Å². The summed E-state index contributed by atoms with van der Waals surface area (Å²) in [5, 5.41) is 6.58. The third-order valence-corrected chi connectivity index (χ3v) is 4.43. The van der Waals surface area contributed by atoms with E-state index in [0.29, 0.717) is 23.1 Å². The number of halogens is 1. The lowest BCUT2D eigenvalue weighted by atomic mass is 10.2. The largest absolute Gasteiger partial charge is 0.487 e. The first-order valence-electron chi connectivity index (χ1n) is 8.67. The minimum Gasteiger partial charge on any atom is -0.487 e. The SMILES string of the molecule is Cc1ccc(NC(=O)CNc2ccccc2OCc2ccccc2)cc1Cl. The Labute approximate surface area is 164 Å². The molecule has 27 heavy (non-hydrogen) atoms. The van der Waals surface area contributed by atoms with Gasteiger partial charge in [-0.15, -0.1) is 0 Å². The van der Waals surface area contributed by atoms with Gasteiger partial charge in [0, 0.05) is 10.7 Å². The lowest BCUT2D eigenvalue weighted by Gasteiger charge is -2.13. The second kappa shape index (κ2) is 9.10. The lowest BCUT2D eigenvalue weighted by molar-refractivity contribution is -0.114. The number of para-hydroxylation sites is 2. The Kier molecular flexibility index (Phi) is 6.34. The third-order valence-electron chi connectivity index (χ3n) is 4.02. The van der Waals surface area contributed by atoms with E-state index in [1.807, 2.05) is 73.7 Å². The van der Waals surface area contributed by atoms with Gasteiger partial charge in [-0.05, 0) is 42.3 Å². The molecule has 0 unspecified atom stereocenters. The number of carbonyl (C=O) groups excluding carboxylic acids is 1. The van der Waals surface area contributed by atoms with Crippen LogP contribution in [-0.2, 0) is 11.4 Å². The standard InChI is InChI=1S/C22H21ClN2O2/c1-16-11-12-18(13-19(16)23)25-22(26)14-24-20-9-5-6-10-21(20)27-15-17-7-3-2-4-8-17/h2-13,24H,14-15H2,1H3,(H,25,26). The van der Waals surface area contributed by atoms with Crippen molar-refractivity contribution in [1.82, 2.24) is 0 Å². The Morgan fingerprint density at radius 2 is 1.74 bits per heavy atom. The predicted octanol–water partition coefficient (Wildman–Crippen LogP) is 5.28. The molecule has 0 saturated heterocycles. The van der Waals surface area contributed by atoms with Gasteiger partial charge in [0.1, 0.15) is 12.4 Å². The molecule has 3 rings (SSSR count). The van der Waals surface area contributed by atoms with E-state index >= 15 is 0 Å². The average Bonchev–Trinajstić information content (AvgIpc) is 2.69. The molecule has 0 aliphatic carbocycles. The fourth-order valence-corrected chi connectivity index (χ4v) is 2.71. The summed E-state index contributed by atoms with van der Waals surface area (Å²) in [7, 11) is 0. The maximum absolute atomic E-state index is 12.2. The average molecular weight is 381 g/mol. The molecule has 0 heterocycles. The van der Waals surface area contributed by atoms with Gasteiger partial charge >= 0.3 is 0 Å². The van der Waals surface area contributed by atoms with Gasteiger partial charge in [-0.1, -0.05) is 60.1 Å². The number of carbonyl (C=O) groups is 1. The molecule has 0 spiro atoms. The first kappa shape index (κ1) is 18.8. The third kappa shape index (κ3) is 5.50. The molecule has 0 radical (unpaired) electrons. The van der Waals surface area contributed by atoms with Crippen LogP contribution in [0.4, 0.5) is 11.4 Å². The second-order valence-corrected chi connectivity index (χ2v) is 6.54. The van der Waals surface area contributed by atoms with Crippen molar-refractivity contribution in [2.24, 2.45) is 0 Å². The molecule has 2 N–H and O–H groups in total. The van der Waals surface area contributed by atoms with Gasteiger partial charge in [0.15, 0.2) is 0 Å². The van der Waals surface area contributed by atoms with Crippen LogP contribution in [0.2, 0.25) is 5.02 Å². The highest BCUT2D eigenvalue weighted by Gasteiger charge is 2.07. The van der Waals surface area contributed by atoms with Crippen molar-refractivity contribution in [3.8, 4) is 5.75 Å². The molecule has 0 fully saturated rings. The Hall–Kier alpha value is -2.98. The zero-order valence-electron chi connectivity index (χ0n) is 15.0. The normalized spacial score (nSPS) is 10.3. The summed E-state index contributed by atoms with van der Waals surface area (Å²) < 4.78 is 5.89. The smallest absolute Gasteiger partial charge is 0.243 e. The minimum absolute atomic E-state index is 0.122. The highest BCUT2D eigenvalue weighted by Crippen LogP contribution is 2.25. The summed E-state index contributed by atoms with van der Waals surface area (Å²) in [4.78, 5) is 12.2. The number of amides is 1. The summed E-state index contributed by atoms with van der Waals surface area (Å²) in [6.45, 7) is 2.51. The van der Waals surface area contributed by atoms with E-state index in [1.165, 1.54) is 0 Å². The first-order valence-corrected chi connectivity index (χ1v) is 9.05. The molecular weight excluding hydrogens is 360 g/mol. The van der Waals surface area contributed by atoms with Gasteiger partial charge < -0.3 is 15.4 Å². The van der Waals surface area contributed by atoms with Gasteiger partial charge in [-0.2, -0.15) is 0 Å². The predicted molar refractivity (Wildman–Crippen MR) is 111 cm³/mol. The van der Waals surface area contributed by atoms with Crippen molar-refractivity contribution in [1.29, 1.82) is 0 Å². The molecule has 4 nitrogen and oxygen atoms in total. The van der Waals surface area contributed by atoms with Crippen LogP contribution >= 0.6 is 11.6 Å². The van der Waals surface area contributed by atoms with Crippen LogP contribution in [0.3, 0.4) is 0 Å². The van der Waals surface area contributed by atoms with E-state index in [4.69, 9.17) is 16.3 Å². The topological polar surface area (TPSA) is 50.4 Å². The molecular formula is C22H21ClN2O2. The van der Waals surface area contributed by atoms with Crippen LogP contribution in [0.5, 0.6) is 5.75 Å². The van der Waals surface area contributed by atoms with Gasteiger partial charge in [0.2, 0.25) is 5.91 Å². The quantitative estimate of drug-likeness (QED) is 0.586. The number of benzene rings is 3. The summed E-state index contributed by atoms with van der Waals surface area (Å²) in [6.07, 6.45) is 0. The van der Waals surface area contributed by atoms with Crippen LogP contribution in [0.15, 0.2) is 72.8 Å². The first-order chi connectivity index (χ1) is 13.1. The molecule has 0 atom stereocenters.